The lowest BCUT2D eigenvalue weighted by molar-refractivity contribution is 0.385. The summed E-state index contributed by atoms with van der Waals surface area (Å²) in [4.78, 5) is 0. The summed E-state index contributed by atoms with van der Waals surface area (Å²) in [5.41, 5.74) is 12.3. The van der Waals surface area contributed by atoms with Gasteiger partial charge in [-0.15, -0.1) is 12.4 Å². The second-order valence-electron chi connectivity index (χ2n) is 3.78. The number of halogens is 2. The summed E-state index contributed by atoms with van der Waals surface area (Å²) in [6.45, 7) is 0.680. The summed E-state index contributed by atoms with van der Waals surface area (Å²) in [6, 6.07) is 4.66. The molecule has 1 aromatic rings. The maximum Gasteiger partial charge on any atom is 0.165 e. The summed E-state index contributed by atoms with van der Waals surface area (Å²) in [7, 11) is 1.45. The number of hydrogen-bond donors (Lipinski definition) is 2. The van der Waals surface area contributed by atoms with Crippen molar-refractivity contribution in [3.05, 3.63) is 29.6 Å². The van der Waals surface area contributed by atoms with Crippen molar-refractivity contribution in [3.63, 3.8) is 0 Å². The Morgan fingerprint density at radius 2 is 2.06 bits per heavy atom. The molecule has 0 fully saturated rings. The van der Waals surface area contributed by atoms with Crippen LogP contribution in [0.2, 0.25) is 0 Å². The maximum absolute atomic E-state index is 13.2. The molecule has 3 nitrogen and oxygen atoms in total. The zero-order chi connectivity index (χ0) is 12.0. The van der Waals surface area contributed by atoms with Crippen molar-refractivity contribution < 1.29 is 9.13 Å². The molecule has 98 valence electrons. The Bertz CT molecular complexity index is 336. The van der Waals surface area contributed by atoms with E-state index < -0.39 is 0 Å². The normalized spacial score (nSPS) is 11.8. The molecule has 0 aromatic heterocycles. The molecular weight excluding hydrogens is 243 g/mol. The molecule has 0 saturated heterocycles. The third-order valence-corrected chi connectivity index (χ3v) is 2.57. The molecular formula is C12H20ClFN2O. The second kappa shape index (κ2) is 8.28. The minimum atomic E-state index is -0.361. The Morgan fingerprint density at radius 3 is 2.65 bits per heavy atom. The van der Waals surface area contributed by atoms with Crippen LogP contribution in [-0.2, 0) is 0 Å². The highest BCUT2D eigenvalue weighted by Crippen LogP contribution is 2.23. The van der Waals surface area contributed by atoms with Crippen molar-refractivity contribution in [2.24, 2.45) is 11.5 Å². The van der Waals surface area contributed by atoms with Crippen molar-refractivity contribution >= 4 is 12.4 Å². The summed E-state index contributed by atoms with van der Waals surface area (Å²) >= 11 is 0. The molecule has 1 atom stereocenters. The van der Waals surface area contributed by atoms with Gasteiger partial charge in [-0.2, -0.15) is 0 Å². The van der Waals surface area contributed by atoms with Crippen LogP contribution in [0.5, 0.6) is 5.75 Å². The van der Waals surface area contributed by atoms with Gasteiger partial charge in [0.15, 0.2) is 11.6 Å². The molecule has 0 aliphatic carbocycles. The minimum Gasteiger partial charge on any atom is -0.494 e. The van der Waals surface area contributed by atoms with Crippen LogP contribution in [0.25, 0.3) is 0 Å². The largest absolute Gasteiger partial charge is 0.494 e. The number of hydrogen-bond acceptors (Lipinski definition) is 3. The van der Waals surface area contributed by atoms with E-state index in [1.165, 1.54) is 13.2 Å². The fourth-order valence-corrected chi connectivity index (χ4v) is 1.58. The second-order valence-corrected chi connectivity index (χ2v) is 3.78. The van der Waals surface area contributed by atoms with Gasteiger partial charge in [0.2, 0.25) is 0 Å². The van der Waals surface area contributed by atoms with Crippen molar-refractivity contribution in [3.8, 4) is 5.75 Å². The van der Waals surface area contributed by atoms with Gasteiger partial charge in [-0.05, 0) is 37.1 Å². The van der Waals surface area contributed by atoms with Gasteiger partial charge in [-0.3, -0.25) is 0 Å². The maximum atomic E-state index is 13.2. The Labute approximate surface area is 108 Å². The van der Waals surface area contributed by atoms with Crippen LogP contribution in [0.15, 0.2) is 18.2 Å². The molecule has 0 amide bonds. The summed E-state index contributed by atoms with van der Waals surface area (Å²) in [5, 5.41) is 0. The highest BCUT2D eigenvalue weighted by atomic mass is 35.5. The van der Waals surface area contributed by atoms with E-state index in [4.69, 9.17) is 16.2 Å². The lowest BCUT2D eigenvalue weighted by atomic mass is 10.0. The lowest BCUT2D eigenvalue weighted by Gasteiger charge is -2.13. The zero-order valence-electron chi connectivity index (χ0n) is 9.99. The van der Waals surface area contributed by atoms with Crippen molar-refractivity contribution in [1.82, 2.24) is 0 Å². The Kier molecular flexibility index (Phi) is 7.87. The van der Waals surface area contributed by atoms with Crippen LogP contribution in [-0.4, -0.2) is 13.7 Å². The highest BCUT2D eigenvalue weighted by molar-refractivity contribution is 5.85. The third kappa shape index (κ3) is 4.89. The molecule has 0 radical (unpaired) electrons. The number of methoxy groups -OCH3 is 1. The van der Waals surface area contributed by atoms with E-state index in [0.717, 1.165) is 24.8 Å². The van der Waals surface area contributed by atoms with Gasteiger partial charge in [-0.1, -0.05) is 12.5 Å². The van der Waals surface area contributed by atoms with Gasteiger partial charge in [0, 0.05) is 6.04 Å². The van der Waals surface area contributed by atoms with Gasteiger partial charge >= 0.3 is 0 Å². The van der Waals surface area contributed by atoms with E-state index in [0.29, 0.717) is 6.54 Å². The Morgan fingerprint density at radius 1 is 1.35 bits per heavy atom. The zero-order valence-corrected chi connectivity index (χ0v) is 10.8. The predicted molar refractivity (Wildman–Crippen MR) is 70.0 cm³/mol. The monoisotopic (exact) mass is 262 g/mol. The van der Waals surface area contributed by atoms with Crippen molar-refractivity contribution in [2.75, 3.05) is 13.7 Å². The van der Waals surface area contributed by atoms with E-state index in [2.05, 4.69) is 0 Å². The van der Waals surface area contributed by atoms with Crippen LogP contribution < -0.4 is 16.2 Å². The number of benzene rings is 1. The molecule has 0 spiro atoms. The van der Waals surface area contributed by atoms with Crippen LogP contribution in [0, 0.1) is 5.82 Å². The predicted octanol–water partition coefficient (Wildman–Crippen LogP) is 2.38. The van der Waals surface area contributed by atoms with Gasteiger partial charge in [0.05, 0.1) is 7.11 Å². The van der Waals surface area contributed by atoms with Crippen LogP contribution >= 0.6 is 12.4 Å². The number of ether oxygens (including phenoxy) is 1. The fraction of sp³-hybridized carbons (Fsp3) is 0.500. The number of nitrogens with two attached hydrogens (primary N) is 2. The Balaban J connectivity index is 0.00000256. The molecule has 1 rings (SSSR count). The first-order valence-electron chi connectivity index (χ1n) is 5.48. The smallest absolute Gasteiger partial charge is 0.165 e. The van der Waals surface area contributed by atoms with Crippen molar-refractivity contribution in [2.45, 2.75) is 25.3 Å². The quantitative estimate of drug-likeness (QED) is 0.774. The minimum absolute atomic E-state index is 0. The third-order valence-electron chi connectivity index (χ3n) is 2.57. The van der Waals surface area contributed by atoms with Gasteiger partial charge in [-0.25, -0.2) is 4.39 Å². The standard InChI is InChI=1S/C12H19FN2O.ClH/c1-16-12-8-9(5-6-10(12)13)11(15)4-2-3-7-14;/h5-6,8,11H,2-4,7,14-15H2,1H3;1H/t11-;/m1./s1. The van der Waals surface area contributed by atoms with E-state index >= 15 is 0 Å². The average molecular weight is 263 g/mol. The van der Waals surface area contributed by atoms with E-state index in [1.807, 2.05) is 0 Å². The topological polar surface area (TPSA) is 61.3 Å². The molecule has 0 aliphatic heterocycles. The Hall–Kier alpha value is -0.840. The summed E-state index contributed by atoms with van der Waals surface area (Å²) < 4.78 is 18.1. The first-order valence-corrected chi connectivity index (χ1v) is 5.48. The lowest BCUT2D eigenvalue weighted by Crippen LogP contribution is -2.11. The van der Waals surface area contributed by atoms with Crippen LogP contribution in [0.3, 0.4) is 0 Å². The van der Waals surface area contributed by atoms with Crippen molar-refractivity contribution in [1.29, 1.82) is 0 Å². The molecule has 17 heavy (non-hydrogen) atoms. The van der Waals surface area contributed by atoms with E-state index in [9.17, 15) is 4.39 Å². The molecule has 5 heteroatoms. The average Bonchev–Trinajstić information content (AvgIpc) is 2.30. The summed E-state index contributed by atoms with van der Waals surface area (Å²) in [5.74, 6) is -0.118. The van der Waals surface area contributed by atoms with E-state index in [1.54, 1.807) is 12.1 Å². The molecule has 0 bridgehead atoms. The van der Waals surface area contributed by atoms with E-state index in [-0.39, 0.29) is 30.0 Å². The van der Waals surface area contributed by atoms with Gasteiger partial charge in [0.1, 0.15) is 0 Å². The molecule has 0 saturated carbocycles. The highest BCUT2D eigenvalue weighted by Gasteiger charge is 2.09. The number of rotatable bonds is 6. The van der Waals surface area contributed by atoms with Gasteiger partial charge in [0.25, 0.3) is 0 Å². The molecule has 1 aromatic carbocycles. The van der Waals surface area contributed by atoms with Crippen LogP contribution in [0.1, 0.15) is 30.9 Å². The molecule has 0 unspecified atom stereocenters. The SMILES string of the molecule is COc1cc([C@H](N)CCCCN)ccc1F.Cl. The number of unbranched alkanes of at least 4 members (excludes halogenated alkanes) is 1. The van der Waals surface area contributed by atoms with Crippen LogP contribution in [0.4, 0.5) is 4.39 Å². The summed E-state index contributed by atoms with van der Waals surface area (Å²) in [6.07, 6.45) is 2.80. The molecule has 4 N–H and O–H groups in total. The first-order chi connectivity index (χ1) is 7.69. The molecule has 0 aliphatic rings. The molecule has 0 heterocycles. The first kappa shape index (κ1) is 16.2. The fourth-order valence-electron chi connectivity index (χ4n) is 1.58. The van der Waals surface area contributed by atoms with Gasteiger partial charge < -0.3 is 16.2 Å².